The summed E-state index contributed by atoms with van der Waals surface area (Å²) < 4.78 is 5.27. The van der Waals surface area contributed by atoms with Crippen LogP contribution in [0.15, 0.2) is 48.2 Å². The van der Waals surface area contributed by atoms with Crippen LogP contribution >= 0.6 is 0 Å². The number of carbonyl (C=O) groups excluding carboxylic acids is 2. The lowest BCUT2D eigenvalue weighted by atomic mass is 10.0. The van der Waals surface area contributed by atoms with Gasteiger partial charge < -0.3 is 25.5 Å². The molecule has 210 valence electrons. The molecule has 3 aromatic rings. The number of likely N-dealkylation sites (tertiary alicyclic amines) is 1. The van der Waals surface area contributed by atoms with E-state index in [0.29, 0.717) is 51.9 Å². The maximum absolute atomic E-state index is 13.2. The molecule has 3 heterocycles. The minimum absolute atomic E-state index is 0.105. The van der Waals surface area contributed by atoms with E-state index in [2.05, 4.69) is 39.0 Å². The van der Waals surface area contributed by atoms with Crippen LogP contribution in [0.5, 0.6) is 5.75 Å². The third kappa shape index (κ3) is 6.67. The summed E-state index contributed by atoms with van der Waals surface area (Å²) in [6.07, 6.45) is 7.27. The number of rotatable bonds is 9. The number of aliphatic hydroxyl groups is 1. The summed E-state index contributed by atoms with van der Waals surface area (Å²) in [4.78, 5) is 35.6. The molecule has 1 unspecified atom stereocenters. The van der Waals surface area contributed by atoms with Gasteiger partial charge in [0.25, 0.3) is 5.91 Å². The van der Waals surface area contributed by atoms with Crippen LogP contribution in [0.25, 0.3) is 23.9 Å². The highest BCUT2D eigenvalue weighted by atomic mass is 16.5. The molecular weight excluding hydrogens is 506 g/mol. The quantitative estimate of drug-likeness (QED) is 0.308. The number of amides is 2. The van der Waals surface area contributed by atoms with Gasteiger partial charge in [-0.05, 0) is 82.1 Å². The molecule has 0 spiro atoms. The monoisotopic (exact) mass is 543 g/mol. The van der Waals surface area contributed by atoms with Crippen LogP contribution in [0.4, 0.5) is 11.4 Å². The van der Waals surface area contributed by atoms with E-state index in [4.69, 9.17) is 4.74 Å². The molecule has 9 heteroatoms. The summed E-state index contributed by atoms with van der Waals surface area (Å²) in [6.45, 7) is 10.9. The van der Waals surface area contributed by atoms with Gasteiger partial charge >= 0.3 is 0 Å². The van der Waals surface area contributed by atoms with Crippen LogP contribution in [-0.2, 0) is 16.2 Å². The lowest BCUT2D eigenvalue weighted by molar-refractivity contribution is -0.117. The van der Waals surface area contributed by atoms with Gasteiger partial charge in [0.15, 0.2) is 0 Å². The second-order valence-corrected chi connectivity index (χ2v) is 10.0. The van der Waals surface area contributed by atoms with E-state index in [1.165, 1.54) is 0 Å². The highest BCUT2D eigenvalue weighted by Crippen LogP contribution is 2.25. The van der Waals surface area contributed by atoms with E-state index in [0.717, 1.165) is 35.9 Å². The van der Waals surface area contributed by atoms with Gasteiger partial charge in [-0.25, -0.2) is 0 Å². The van der Waals surface area contributed by atoms with Gasteiger partial charge in [-0.3, -0.25) is 19.5 Å². The Hall–Kier alpha value is -4.21. The SMILES string of the molecule is C=c1[nH]c(-c2ccc(OC)cc2CO)c/c1=C/C(=C\C)C(=O)Nc1cc(NC(=O)CN2CCCC2C)cnc1C. The minimum Gasteiger partial charge on any atom is -0.497 e. The number of nitrogens with zero attached hydrogens (tertiary/aromatic N) is 2. The highest BCUT2D eigenvalue weighted by molar-refractivity contribution is 6.10. The third-order valence-electron chi connectivity index (χ3n) is 7.25. The Kier molecular flexibility index (Phi) is 9.19. The molecule has 1 aliphatic heterocycles. The number of carbonyl (C=O) groups is 2. The molecule has 0 radical (unpaired) electrons. The first-order chi connectivity index (χ1) is 19.2. The summed E-state index contributed by atoms with van der Waals surface area (Å²) in [5.41, 5.74) is 4.40. The zero-order valence-electron chi connectivity index (χ0n) is 23.5. The van der Waals surface area contributed by atoms with Gasteiger partial charge in [0.2, 0.25) is 5.91 Å². The van der Waals surface area contributed by atoms with E-state index in [9.17, 15) is 14.7 Å². The normalized spacial score (nSPS) is 16.3. The standard InChI is InChI=1S/C31H37N5O4/c1-6-22(12-23-14-29(33-20(23)3)27-10-9-26(40-5)13-24(27)18-37)31(39)35-28-15-25(16-32-21(28)4)34-30(38)17-36-11-7-8-19(36)2/h6,9-10,12-16,19,33,37H,3,7-8,11,17-18H2,1-2,4-5H3,(H,34,38)(H,35,39)/b22-6+,23-12-. The molecule has 1 aliphatic rings. The van der Waals surface area contributed by atoms with Crippen LogP contribution in [-0.4, -0.2) is 58.0 Å². The maximum Gasteiger partial charge on any atom is 0.255 e. The Morgan fingerprint density at radius 1 is 1.27 bits per heavy atom. The first-order valence-electron chi connectivity index (χ1n) is 13.4. The molecule has 4 N–H and O–H groups in total. The number of hydrogen-bond donors (Lipinski definition) is 4. The number of anilines is 2. The van der Waals surface area contributed by atoms with Crippen molar-refractivity contribution < 1.29 is 19.4 Å². The van der Waals surface area contributed by atoms with Crippen molar-refractivity contribution in [2.75, 3.05) is 30.8 Å². The molecule has 4 rings (SSSR count). The van der Waals surface area contributed by atoms with Crippen LogP contribution in [0.2, 0.25) is 0 Å². The van der Waals surface area contributed by atoms with Gasteiger partial charge in [-0.1, -0.05) is 12.7 Å². The van der Waals surface area contributed by atoms with E-state index in [-0.39, 0.29) is 18.4 Å². The highest BCUT2D eigenvalue weighted by Gasteiger charge is 2.22. The van der Waals surface area contributed by atoms with Crippen molar-refractivity contribution in [3.05, 3.63) is 70.0 Å². The molecule has 2 amide bonds. The number of nitrogens with one attached hydrogen (secondary N) is 3. The second-order valence-electron chi connectivity index (χ2n) is 10.0. The molecule has 0 aliphatic carbocycles. The fraction of sp³-hybridized carbons (Fsp3) is 0.323. The van der Waals surface area contributed by atoms with Crippen LogP contribution in [0, 0.1) is 6.92 Å². The molecule has 1 saturated heterocycles. The molecule has 0 bridgehead atoms. The largest absolute Gasteiger partial charge is 0.497 e. The van der Waals surface area contributed by atoms with Gasteiger partial charge in [-0.15, -0.1) is 0 Å². The van der Waals surface area contributed by atoms with Crippen LogP contribution in [0.3, 0.4) is 0 Å². The number of allylic oxidation sites excluding steroid dienone is 1. The molecule has 40 heavy (non-hydrogen) atoms. The first-order valence-corrected chi connectivity index (χ1v) is 13.4. The number of aryl methyl sites for hydroxylation is 1. The Morgan fingerprint density at radius 2 is 2.08 bits per heavy atom. The lowest BCUT2D eigenvalue weighted by Crippen LogP contribution is -2.35. The summed E-state index contributed by atoms with van der Waals surface area (Å²) in [5.74, 6) is 0.236. The fourth-order valence-corrected chi connectivity index (χ4v) is 4.86. The Labute approximate surface area is 234 Å². The van der Waals surface area contributed by atoms with Gasteiger partial charge in [0.1, 0.15) is 5.75 Å². The average molecular weight is 544 g/mol. The van der Waals surface area contributed by atoms with Crippen molar-refractivity contribution >= 4 is 35.8 Å². The Balaban J connectivity index is 1.51. The number of hydrogen-bond acceptors (Lipinski definition) is 6. The van der Waals surface area contributed by atoms with E-state index in [1.807, 2.05) is 18.2 Å². The van der Waals surface area contributed by atoms with Crippen molar-refractivity contribution in [1.82, 2.24) is 14.9 Å². The van der Waals surface area contributed by atoms with Gasteiger partial charge in [-0.2, -0.15) is 0 Å². The molecule has 9 nitrogen and oxygen atoms in total. The molecular formula is C31H37N5O4. The number of aliphatic hydroxyl groups excluding tert-OH is 1. The van der Waals surface area contributed by atoms with Crippen molar-refractivity contribution in [2.24, 2.45) is 0 Å². The zero-order valence-corrected chi connectivity index (χ0v) is 23.5. The topological polar surface area (TPSA) is 120 Å². The number of aromatic amines is 1. The van der Waals surface area contributed by atoms with Crippen LogP contribution in [0.1, 0.15) is 37.9 Å². The van der Waals surface area contributed by atoms with Crippen molar-refractivity contribution in [3.8, 4) is 17.0 Å². The number of aromatic nitrogens is 2. The molecule has 0 saturated carbocycles. The summed E-state index contributed by atoms with van der Waals surface area (Å²) in [6, 6.07) is 9.50. The maximum atomic E-state index is 13.2. The Morgan fingerprint density at radius 3 is 2.75 bits per heavy atom. The molecule has 1 aromatic carbocycles. The first kappa shape index (κ1) is 28.8. The van der Waals surface area contributed by atoms with Crippen LogP contribution < -0.4 is 25.9 Å². The molecule has 1 fully saturated rings. The van der Waals surface area contributed by atoms with Crippen molar-refractivity contribution in [3.63, 3.8) is 0 Å². The zero-order chi connectivity index (χ0) is 28.8. The van der Waals surface area contributed by atoms with E-state index < -0.39 is 0 Å². The number of H-pyrrole nitrogens is 1. The number of pyridine rings is 1. The second kappa shape index (κ2) is 12.8. The number of benzene rings is 1. The Bertz CT molecular complexity index is 1540. The minimum atomic E-state index is -0.315. The molecule has 1 atom stereocenters. The average Bonchev–Trinajstić information content (AvgIpc) is 3.52. The van der Waals surface area contributed by atoms with Gasteiger partial charge in [0, 0.05) is 33.4 Å². The fourth-order valence-electron chi connectivity index (χ4n) is 4.86. The van der Waals surface area contributed by atoms with Crippen molar-refractivity contribution in [1.29, 1.82) is 0 Å². The lowest BCUT2D eigenvalue weighted by Gasteiger charge is -2.20. The summed E-state index contributed by atoms with van der Waals surface area (Å²) in [5, 5.41) is 17.1. The number of methoxy groups -OCH3 is 1. The molecule has 2 aromatic heterocycles. The van der Waals surface area contributed by atoms with Crippen molar-refractivity contribution in [2.45, 2.75) is 46.3 Å². The van der Waals surface area contributed by atoms with E-state index >= 15 is 0 Å². The summed E-state index contributed by atoms with van der Waals surface area (Å²) in [7, 11) is 1.58. The predicted octanol–water partition coefficient (Wildman–Crippen LogP) is 3.08. The van der Waals surface area contributed by atoms with Gasteiger partial charge in [0.05, 0.1) is 43.5 Å². The summed E-state index contributed by atoms with van der Waals surface area (Å²) >= 11 is 0. The number of ether oxygens (including phenoxy) is 1. The smallest absolute Gasteiger partial charge is 0.255 e. The predicted molar refractivity (Wildman–Crippen MR) is 158 cm³/mol. The third-order valence-corrected chi connectivity index (χ3v) is 7.25. The van der Waals surface area contributed by atoms with E-state index in [1.54, 1.807) is 51.4 Å².